The quantitative estimate of drug-likeness (QED) is 0.596. The fourth-order valence-electron chi connectivity index (χ4n) is 4.48. The second-order valence-corrected chi connectivity index (χ2v) is 8.74. The third-order valence-corrected chi connectivity index (χ3v) is 6.46. The smallest absolute Gasteiger partial charge is 0.230 e. The first-order valence-electron chi connectivity index (χ1n) is 10.8. The number of anilines is 1. The highest BCUT2D eigenvalue weighted by molar-refractivity contribution is 6.31. The third-order valence-electron chi connectivity index (χ3n) is 6.22. The first-order chi connectivity index (χ1) is 15.6. The second kappa shape index (κ2) is 8.74. The van der Waals surface area contributed by atoms with Crippen molar-refractivity contribution in [3.63, 3.8) is 0 Å². The number of carbonyl (C=O) groups is 2. The Morgan fingerprint density at radius 3 is 2.59 bits per heavy atom. The molecule has 0 aliphatic carbocycles. The molecule has 2 amide bonds. The van der Waals surface area contributed by atoms with Crippen LogP contribution in [0.3, 0.4) is 0 Å². The van der Waals surface area contributed by atoms with E-state index in [1.807, 2.05) is 47.4 Å². The molecule has 0 bridgehead atoms. The molecule has 2 aliphatic heterocycles. The zero-order valence-electron chi connectivity index (χ0n) is 17.5. The Bertz CT molecular complexity index is 1130. The first-order valence-corrected chi connectivity index (χ1v) is 11.2. The standard InChI is InChI=1S/C24H23ClN4O3/c25-19-7-4-8-20(14-19)29-15-18(13-21(29)30)24(31)28-11-9-17(10-12-28)23-26-22(27-32-23)16-5-2-1-3-6-16/h1-8,14,17-18H,9-13,15H2. The van der Waals surface area contributed by atoms with E-state index in [1.54, 1.807) is 17.0 Å². The molecule has 1 unspecified atom stereocenters. The Morgan fingerprint density at radius 2 is 1.84 bits per heavy atom. The van der Waals surface area contributed by atoms with Gasteiger partial charge in [-0.05, 0) is 31.0 Å². The molecule has 164 valence electrons. The molecule has 0 saturated carbocycles. The number of nitrogens with zero attached hydrogens (tertiary/aromatic N) is 4. The molecule has 0 N–H and O–H groups in total. The predicted molar refractivity (Wildman–Crippen MR) is 120 cm³/mol. The lowest BCUT2D eigenvalue weighted by molar-refractivity contribution is -0.136. The van der Waals surface area contributed by atoms with Gasteiger partial charge in [0.1, 0.15) is 0 Å². The number of rotatable bonds is 4. The molecule has 2 saturated heterocycles. The molecule has 2 fully saturated rings. The van der Waals surface area contributed by atoms with Crippen LogP contribution in [-0.4, -0.2) is 46.5 Å². The van der Waals surface area contributed by atoms with Crippen LogP contribution in [0.2, 0.25) is 5.02 Å². The molecule has 8 heteroatoms. The lowest BCUT2D eigenvalue weighted by Gasteiger charge is -2.32. The van der Waals surface area contributed by atoms with Crippen molar-refractivity contribution in [2.75, 3.05) is 24.5 Å². The average molecular weight is 451 g/mol. The molecule has 2 aromatic carbocycles. The summed E-state index contributed by atoms with van der Waals surface area (Å²) in [5, 5.41) is 4.68. The van der Waals surface area contributed by atoms with Gasteiger partial charge in [-0.1, -0.05) is 53.2 Å². The normalized spacial score (nSPS) is 19.5. The van der Waals surface area contributed by atoms with Crippen molar-refractivity contribution in [3.05, 3.63) is 65.5 Å². The number of carbonyl (C=O) groups excluding carboxylic acids is 2. The van der Waals surface area contributed by atoms with Crippen molar-refractivity contribution in [1.29, 1.82) is 0 Å². The van der Waals surface area contributed by atoms with Gasteiger partial charge >= 0.3 is 0 Å². The summed E-state index contributed by atoms with van der Waals surface area (Å²) in [4.78, 5) is 33.7. The van der Waals surface area contributed by atoms with E-state index in [4.69, 9.17) is 16.1 Å². The maximum Gasteiger partial charge on any atom is 0.230 e. The van der Waals surface area contributed by atoms with E-state index in [1.165, 1.54) is 0 Å². The Morgan fingerprint density at radius 1 is 1.06 bits per heavy atom. The van der Waals surface area contributed by atoms with E-state index in [0.717, 1.165) is 24.1 Å². The van der Waals surface area contributed by atoms with E-state index in [0.29, 0.717) is 36.4 Å². The molecule has 3 aromatic rings. The van der Waals surface area contributed by atoms with Gasteiger partial charge in [0.05, 0.1) is 5.92 Å². The summed E-state index contributed by atoms with van der Waals surface area (Å²) in [6.45, 7) is 1.63. The summed E-state index contributed by atoms with van der Waals surface area (Å²) in [7, 11) is 0. The van der Waals surface area contributed by atoms with Gasteiger partial charge in [-0.3, -0.25) is 9.59 Å². The van der Waals surface area contributed by atoms with Crippen LogP contribution in [-0.2, 0) is 9.59 Å². The topological polar surface area (TPSA) is 79.5 Å². The number of halogens is 1. The van der Waals surface area contributed by atoms with E-state index in [9.17, 15) is 9.59 Å². The third kappa shape index (κ3) is 4.12. The van der Waals surface area contributed by atoms with Crippen LogP contribution >= 0.6 is 11.6 Å². The van der Waals surface area contributed by atoms with Gasteiger partial charge < -0.3 is 14.3 Å². The minimum absolute atomic E-state index is 0.0387. The fraction of sp³-hybridized carbons (Fsp3) is 0.333. The van der Waals surface area contributed by atoms with Crippen LogP contribution in [0.4, 0.5) is 5.69 Å². The number of benzene rings is 2. The molecule has 1 aromatic heterocycles. The van der Waals surface area contributed by atoms with Crippen LogP contribution in [0.25, 0.3) is 11.4 Å². The minimum atomic E-state index is -0.328. The summed E-state index contributed by atoms with van der Waals surface area (Å²) < 4.78 is 5.51. The average Bonchev–Trinajstić information content (AvgIpc) is 3.47. The lowest BCUT2D eigenvalue weighted by Crippen LogP contribution is -2.42. The largest absolute Gasteiger partial charge is 0.342 e. The van der Waals surface area contributed by atoms with Crippen molar-refractivity contribution in [2.45, 2.75) is 25.2 Å². The maximum atomic E-state index is 13.1. The number of aromatic nitrogens is 2. The number of hydrogen-bond donors (Lipinski definition) is 0. The van der Waals surface area contributed by atoms with Crippen LogP contribution in [0.1, 0.15) is 31.1 Å². The summed E-state index contributed by atoms with van der Waals surface area (Å²) in [6.07, 6.45) is 1.76. The van der Waals surface area contributed by atoms with E-state index < -0.39 is 0 Å². The molecule has 3 heterocycles. The molecule has 5 rings (SSSR count). The Kier molecular flexibility index (Phi) is 5.66. The van der Waals surface area contributed by atoms with E-state index in [-0.39, 0.29) is 30.1 Å². The van der Waals surface area contributed by atoms with Crippen molar-refractivity contribution in [2.24, 2.45) is 5.92 Å². The first kappa shape index (κ1) is 20.7. The number of amides is 2. The van der Waals surface area contributed by atoms with Gasteiger partial charge in [-0.15, -0.1) is 0 Å². The van der Waals surface area contributed by atoms with Crippen molar-refractivity contribution >= 4 is 29.1 Å². The second-order valence-electron chi connectivity index (χ2n) is 8.31. The monoisotopic (exact) mass is 450 g/mol. The van der Waals surface area contributed by atoms with Gasteiger partial charge in [0.15, 0.2) is 0 Å². The number of piperidine rings is 1. The van der Waals surface area contributed by atoms with Gasteiger partial charge in [0.25, 0.3) is 0 Å². The summed E-state index contributed by atoms with van der Waals surface area (Å²) in [5.41, 5.74) is 1.66. The van der Waals surface area contributed by atoms with E-state index in [2.05, 4.69) is 10.1 Å². The van der Waals surface area contributed by atoms with Gasteiger partial charge in [-0.25, -0.2) is 0 Å². The number of hydrogen-bond acceptors (Lipinski definition) is 5. The van der Waals surface area contributed by atoms with Crippen molar-refractivity contribution in [1.82, 2.24) is 15.0 Å². The van der Waals surface area contributed by atoms with Gasteiger partial charge in [-0.2, -0.15) is 4.98 Å². The number of likely N-dealkylation sites (tertiary alicyclic amines) is 1. The van der Waals surface area contributed by atoms with Gasteiger partial charge in [0, 0.05) is 48.2 Å². The lowest BCUT2D eigenvalue weighted by atomic mass is 9.95. The molecule has 0 radical (unpaired) electrons. The van der Waals surface area contributed by atoms with Crippen molar-refractivity contribution in [3.8, 4) is 11.4 Å². The van der Waals surface area contributed by atoms with Crippen molar-refractivity contribution < 1.29 is 14.1 Å². The SMILES string of the molecule is O=C(C1CC(=O)N(c2cccc(Cl)c2)C1)N1CCC(c2nc(-c3ccccc3)no2)CC1. The summed E-state index contributed by atoms with van der Waals surface area (Å²) >= 11 is 6.06. The van der Waals surface area contributed by atoms with Crippen LogP contribution < -0.4 is 4.90 Å². The Hall–Kier alpha value is -3.19. The highest BCUT2D eigenvalue weighted by Crippen LogP contribution is 2.32. The van der Waals surface area contributed by atoms with Crippen LogP contribution in [0, 0.1) is 5.92 Å². The molecular formula is C24H23ClN4O3. The highest BCUT2D eigenvalue weighted by atomic mass is 35.5. The Balaban J connectivity index is 1.19. The molecular weight excluding hydrogens is 428 g/mol. The summed E-state index contributed by atoms with van der Waals surface area (Å²) in [6, 6.07) is 16.9. The fourth-order valence-corrected chi connectivity index (χ4v) is 4.66. The molecule has 2 aliphatic rings. The van der Waals surface area contributed by atoms with Crippen LogP contribution in [0.5, 0.6) is 0 Å². The maximum absolute atomic E-state index is 13.1. The minimum Gasteiger partial charge on any atom is -0.342 e. The Labute approximate surface area is 191 Å². The molecule has 32 heavy (non-hydrogen) atoms. The predicted octanol–water partition coefficient (Wildman–Crippen LogP) is 4.15. The zero-order chi connectivity index (χ0) is 22.1. The molecule has 0 spiro atoms. The molecule has 7 nitrogen and oxygen atoms in total. The van der Waals surface area contributed by atoms with Gasteiger partial charge in [0.2, 0.25) is 23.5 Å². The molecule has 1 atom stereocenters. The van der Waals surface area contributed by atoms with Crippen LogP contribution in [0.15, 0.2) is 59.1 Å². The zero-order valence-corrected chi connectivity index (χ0v) is 18.2. The highest BCUT2D eigenvalue weighted by Gasteiger charge is 2.38. The summed E-state index contributed by atoms with van der Waals surface area (Å²) in [5.74, 6) is 1.02. The van der Waals surface area contributed by atoms with E-state index >= 15 is 0 Å².